The van der Waals surface area contributed by atoms with Crippen molar-refractivity contribution in [3.05, 3.63) is 33.4 Å². The fourth-order valence-corrected chi connectivity index (χ4v) is 4.44. The van der Waals surface area contributed by atoms with Crippen LogP contribution in [0.1, 0.15) is 61.1 Å². The molecule has 1 aromatic rings. The summed E-state index contributed by atoms with van der Waals surface area (Å²) in [5.74, 6) is 1.30. The average Bonchev–Trinajstić information content (AvgIpc) is 2.40. The van der Waals surface area contributed by atoms with Crippen molar-refractivity contribution in [3.8, 4) is 0 Å². The second-order valence-corrected chi connectivity index (χ2v) is 9.15. The van der Waals surface area contributed by atoms with Gasteiger partial charge in [-0.1, -0.05) is 27.7 Å². The minimum absolute atomic E-state index is 0. The van der Waals surface area contributed by atoms with Crippen molar-refractivity contribution in [1.29, 1.82) is 0 Å². The summed E-state index contributed by atoms with van der Waals surface area (Å²) in [5, 5.41) is 0. The molecule has 0 unspecified atom stereocenters. The normalized spacial score (nSPS) is 9.84. The van der Waals surface area contributed by atoms with Crippen molar-refractivity contribution >= 4 is 56.1 Å². The maximum Gasteiger partial charge on any atom is 0.0256 e. The molecule has 0 heterocycles. The first-order chi connectivity index (χ1) is 9.98. The Balaban J connectivity index is -0.000000160. The Morgan fingerprint density at radius 1 is 0.600 bits per heavy atom. The standard InChI is InChI=1S/C12H18.C8H19OP.2HI.Ru/c1-7-8(2)10(4)12(6)11(5)9(7)3;1-7(2)5-10(9)6-8(3)4;;;/h1-6H3;7-9H,5-6H2,1-4H3;2*1H;. The van der Waals surface area contributed by atoms with Crippen molar-refractivity contribution in [2.45, 2.75) is 69.2 Å². The van der Waals surface area contributed by atoms with Crippen molar-refractivity contribution in [2.24, 2.45) is 11.8 Å². The van der Waals surface area contributed by atoms with Crippen molar-refractivity contribution in [1.82, 2.24) is 0 Å². The van der Waals surface area contributed by atoms with Gasteiger partial charge < -0.3 is 4.89 Å². The molecule has 0 saturated carbocycles. The van der Waals surface area contributed by atoms with E-state index in [4.69, 9.17) is 0 Å². The fraction of sp³-hybridized carbons (Fsp3) is 0.700. The molecule has 1 nitrogen and oxygen atoms in total. The Kier molecular flexibility index (Phi) is 22.8. The number of hydrogen-bond acceptors (Lipinski definition) is 1. The second-order valence-electron chi connectivity index (χ2n) is 7.41. The first-order valence-electron chi connectivity index (χ1n) is 8.46. The summed E-state index contributed by atoms with van der Waals surface area (Å²) in [7, 11) is -0.659. The zero-order valence-corrected chi connectivity index (χ0v) is 24.9. The van der Waals surface area contributed by atoms with Gasteiger partial charge in [-0.15, -0.1) is 48.0 Å². The molecule has 0 atom stereocenters. The van der Waals surface area contributed by atoms with Gasteiger partial charge in [0.15, 0.2) is 0 Å². The van der Waals surface area contributed by atoms with Crippen LogP contribution in [0.25, 0.3) is 0 Å². The van der Waals surface area contributed by atoms with E-state index in [-0.39, 0.29) is 67.4 Å². The van der Waals surface area contributed by atoms with Gasteiger partial charge in [0.25, 0.3) is 0 Å². The van der Waals surface area contributed by atoms with Crippen LogP contribution >= 0.6 is 56.1 Å². The molecule has 0 radical (unpaired) electrons. The van der Waals surface area contributed by atoms with E-state index in [0.717, 1.165) is 12.3 Å². The predicted octanol–water partition coefficient (Wildman–Crippen LogP) is 7.46. The largest absolute Gasteiger partial charge is 0.374 e. The van der Waals surface area contributed by atoms with Crippen LogP contribution in [0.3, 0.4) is 0 Å². The van der Waals surface area contributed by atoms with Crippen LogP contribution in [-0.4, -0.2) is 17.2 Å². The van der Waals surface area contributed by atoms with Gasteiger partial charge in [-0.2, -0.15) is 0 Å². The van der Waals surface area contributed by atoms with Crippen molar-refractivity contribution in [3.63, 3.8) is 0 Å². The summed E-state index contributed by atoms with van der Waals surface area (Å²) in [6, 6.07) is 0. The zero-order chi connectivity index (χ0) is 17.6. The quantitative estimate of drug-likeness (QED) is 0.199. The molecule has 1 N–H and O–H groups in total. The van der Waals surface area contributed by atoms with E-state index < -0.39 is 8.15 Å². The summed E-state index contributed by atoms with van der Waals surface area (Å²) in [6.07, 6.45) is 2.01. The van der Waals surface area contributed by atoms with Gasteiger partial charge in [-0.05, 0) is 99.1 Å². The van der Waals surface area contributed by atoms with E-state index in [1.807, 2.05) is 0 Å². The van der Waals surface area contributed by atoms with Gasteiger partial charge in [0.2, 0.25) is 0 Å². The summed E-state index contributed by atoms with van der Waals surface area (Å²) in [4.78, 5) is 9.45. The van der Waals surface area contributed by atoms with Gasteiger partial charge in [-0.3, -0.25) is 0 Å². The predicted molar refractivity (Wildman–Crippen MR) is 134 cm³/mol. The minimum atomic E-state index is -0.659. The Morgan fingerprint density at radius 3 is 0.880 bits per heavy atom. The van der Waals surface area contributed by atoms with Crippen molar-refractivity contribution in [2.75, 3.05) is 12.3 Å². The summed E-state index contributed by atoms with van der Waals surface area (Å²) < 4.78 is 0. The molecule has 0 aliphatic rings. The van der Waals surface area contributed by atoms with Crippen LogP contribution in [0.15, 0.2) is 0 Å². The van der Waals surface area contributed by atoms with Crippen LogP contribution in [-0.2, 0) is 19.5 Å². The Labute approximate surface area is 205 Å². The molecule has 0 amide bonds. The molecule has 0 spiro atoms. The van der Waals surface area contributed by atoms with E-state index in [0.29, 0.717) is 11.8 Å². The number of halogens is 2. The van der Waals surface area contributed by atoms with E-state index in [9.17, 15) is 4.89 Å². The third-order valence-corrected chi connectivity index (χ3v) is 6.83. The Hall–Kier alpha value is 1.69. The first kappa shape index (κ1) is 34.2. The molecule has 0 saturated heterocycles. The van der Waals surface area contributed by atoms with Crippen LogP contribution < -0.4 is 0 Å². The van der Waals surface area contributed by atoms with E-state index in [1.54, 1.807) is 0 Å². The van der Waals surface area contributed by atoms with E-state index >= 15 is 0 Å². The van der Waals surface area contributed by atoms with E-state index in [1.165, 1.54) is 33.4 Å². The fourth-order valence-electron chi connectivity index (χ4n) is 2.61. The third kappa shape index (κ3) is 12.7. The molecule has 0 bridgehead atoms. The first-order valence-corrected chi connectivity index (χ1v) is 10.1. The molecule has 0 aliphatic heterocycles. The molecule has 152 valence electrons. The maximum absolute atomic E-state index is 9.45. The van der Waals surface area contributed by atoms with Gasteiger partial charge in [-0.25, -0.2) is 0 Å². The van der Waals surface area contributed by atoms with Gasteiger partial charge >= 0.3 is 0 Å². The smallest absolute Gasteiger partial charge is 0.0256 e. The zero-order valence-electron chi connectivity index (χ0n) is 17.6. The van der Waals surface area contributed by atoms with E-state index in [2.05, 4.69) is 69.2 Å². The third-order valence-electron chi connectivity index (χ3n) is 4.53. The van der Waals surface area contributed by atoms with Crippen LogP contribution in [0.2, 0.25) is 0 Å². The van der Waals surface area contributed by atoms with Gasteiger partial charge in [0, 0.05) is 27.6 Å². The molecule has 0 aromatic heterocycles. The molecular formula is C20H39I2OPRu. The molecular weight excluding hydrogens is 642 g/mol. The molecule has 0 aliphatic carbocycles. The molecule has 1 rings (SSSR count). The number of benzene rings is 1. The van der Waals surface area contributed by atoms with Gasteiger partial charge in [0.05, 0.1) is 0 Å². The molecule has 1 aromatic carbocycles. The van der Waals surface area contributed by atoms with Crippen LogP contribution in [0.5, 0.6) is 0 Å². The SMILES string of the molecule is CC(C)CP(O)CC(C)C.Cc1c(C)c(C)c(C)c(C)c1C.I.I.[Ru]. The van der Waals surface area contributed by atoms with Crippen molar-refractivity contribution < 1.29 is 24.4 Å². The van der Waals surface area contributed by atoms with Crippen LogP contribution in [0.4, 0.5) is 0 Å². The van der Waals surface area contributed by atoms with Crippen LogP contribution in [0, 0.1) is 53.4 Å². The summed E-state index contributed by atoms with van der Waals surface area (Å²) in [6.45, 7) is 21.9. The maximum atomic E-state index is 9.45. The minimum Gasteiger partial charge on any atom is -0.374 e. The molecule has 25 heavy (non-hydrogen) atoms. The topological polar surface area (TPSA) is 20.2 Å². The Morgan fingerprint density at radius 2 is 0.760 bits per heavy atom. The molecule has 5 heteroatoms. The number of rotatable bonds is 4. The Bertz CT molecular complexity index is 376. The molecule has 0 fully saturated rings. The van der Waals surface area contributed by atoms with Gasteiger partial charge in [0.1, 0.15) is 0 Å². The monoisotopic (exact) mass is 682 g/mol. The number of hydrogen-bond donors (Lipinski definition) is 1. The second kappa shape index (κ2) is 16.6. The average molecular weight is 681 g/mol. The summed E-state index contributed by atoms with van der Waals surface area (Å²) in [5.41, 5.74) is 8.73. The summed E-state index contributed by atoms with van der Waals surface area (Å²) >= 11 is 0.